The number of unbranched alkanes of at least 4 members (excludes halogenated alkanes) is 2. The zero-order chi connectivity index (χ0) is 20.7. The number of hydrogen-bond donors (Lipinski definition) is 2. The highest BCUT2D eigenvalue weighted by Crippen LogP contribution is 2.28. The number of imide groups is 1. The summed E-state index contributed by atoms with van der Waals surface area (Å²) >= 11 is 2.68. The highest BCUT2D eigenvalue weighted by Gasteiger charge is 2.18. The van der Waals surface area contributed by atoms with Gasteiger partial charge in [-0.15, -0.1) is 11.3 Å². The molecular formula is C19H28N4O3S2. The molecule has 0 spiro atoms. The lowest BCUT2D eigenvalue weighted by Crippen LogP contribution is -2.40. The van der Waals surface area contributed by atoms with Crippen LogP contribution in [0, 0.1) is 13.8 Å². The number of aromatic nitrogens is 2. The van der Waals surface area contributed by atoms with Crippen molar-refractivity contribution in [3.8, 4) is 0 Å². The van der Waals surface area contributed by atoms with Gasteiger partial charge in [0.25, 0.3) is 5.56 Å². The number of nitrogens with one attached hydrogen (secondary N) is 2. The molecule has 0 aromatic carbocycles. The standard InChI is InChI=1S/C19H28N4O3S2/c1-5-7-9-20-18(26)21-14(24)11-27-19-22-16-15(12(3)13(4)28-16)17(25)23(19)10-8-6-2/h5-11H2,1-4H3,(H2,20,21,24,26). The Morgan fingerprint density at radius 3 is 2.57 bits per heavy atom. The Morgan fingerprint density at radius 2 is 1.89 bits per heavy atom. The second-order valence-corrected chi connectivity index (χ2v) is 8.76. The van der Waals surface area contributed by atoms with Gasteiger partial charge in [0.1, 0.15) is 4.83 Å². The molecule has 7 nitrogen and oxygen atoms in total. The number of carbonyl (C=O) groups excluding carboxylic acids is 2. The summed E-state index contributed by atoms with van der Waals surface area (Å²) in [6, 6.07) is -0.490. The van der Waals surface area contributed by atoms with E-state index in [0.29, 0.717) is 28.5 Å². The van der Waals surface area contributed by atoms with E-state index >= 15 is 0 Å². The molecule has 0 aliphatic rings. The fourth-order valence-corrected chi connectivity index (χ4v) is 4.54. The fourth-order valence-electron chi connectivity index (χ4n) is 2.65. The monoisotopic (exact) mass is 424 g/mol. The van der Waals surface area contributed by atoms with Crippen LogP contribution in [0.15, 0.2) is 9.95 Å². The van der Waals surface area contributed by atoms with Crippen LogP contribution >= 0.6 is 23.1 Å². The predicted molar refractivity (Wildman–Crippen MR) is 115 cm³/mol. The molecule has 0 unspecified atom stereocenters. The summed E-state index contributed by atoms with van der Waals surface area (Å²) in [5.74, 6) is -0.386. The van der Waals surface area contributed by atoms with Crippen LogP contribution in [0.3, 0.4) is 0 Å². The Kier molecular flexibility index (Phi) is 8.50. The molecule has 2 rings (SSSR count). The number of aryl methyl sites for hydroxylation is 2. The van der Waals surface area contributed by atoms with Gasteiger partial charge in [-0.1, -0.05) is 38.5 Å². The largest absolute Gasteiger partial charge is 0.338 e. The van der Waals surface area contributed by atoms with E-state index in [0.717, 1.165) is 36.1 Å². The van der Waals surface area contributed by atoms with Crippen LogP contribution in [-0.4, -0.2) is 33.8 Å². The Hall–Kier alpha value is -1.87. The molecule has 2 aromatic heterocycles. The number of urea groups is 1. The van der Waals surface area contributed by atoms with E-state index in [4.69, 9.17) is 0 Å². The van der Waals surface area contributed by atoms with Crippen LogP contribution < -0.4 is 16.2 Å². The predicted octanol–water partition coefficient (Wildman–Crippen LogP) is 3.59. The highest BCUT2D eigenvalue weighted by molar-refractivity contribution is 7.99. The van der Waals surface area contributed by atoms with Crippen molar-refractivity contribution >= 4 is 45.3 Å². The van der Waals surface area contributed by atoms with Gasteiger partial charge in [-0.3, -0.25) is 19.5 Å². The van der Waals surface area contributed by atoms with Gasteiger partial charge in [0.15, 0.2) is 5.16 Å². The van der Waals surface area contributed by atoms with Gasteiger partial charge >= 0.3 is 6.03 Å². The van der Waals surface area contributed by atoms with Crippen molar-refractivity contribution in [2.24, 2.45) is 0 Å². The van der Waals surface area contributed by atoms with Crippen molar-refractivity contribution in [3.05, 3.63) is 20.8 Å². The third kappa shape index (κ3) is 5.57. The molecule has 2 aromatic rings. The number of amides is 3. The minimum absolute atomic E-state index is 0.0224. The molecule has 0 radical (unpaired) electrons. The van der Waals surface area contributed by atoms with E-state index in [-0.39, 0.29) is 11.3 Å². The quantitative estimate of drug-likeness (QED) is 0.364. The Bertz CT molecular complexity index is 905. The second-order valence-electron chi connectivity index (χ2n) is 6.61. The lowest BCUT2D eigenvalue weighted by atomic mass is 10.2. The minimum atomic E-state index is -0.490. The van der Waals surface area contributed by atoms with E-state index in [9.17, 15) is 14.4 Å². The summed E-state index contributed by atoms with van der Waals surface area (Å²) in [4.78, 5) is 43.2. The Morgan fingerprint density at radius 1 is 1.18 bits per heavy atom. The van der Waals surface area contributed by atoms with E-state index in [2.05, 4.69) is 22.5 Å². The van der Waals surface area contributed by atoms with E-state index < -0.39 is 11.9 Å². The summed E-state index contributed by atoms with van der Waals surface area (Å²) < 4.78 is 1.66. The normalized spacial score (nSPS) is 11.0. The third-order valence-electron chi connectivity index (χ3n) is 4.39. The molecule has 0 bridgehead atoms. The summed E-state index contributed by atoms with van der Waals surface area (Å²) in [5, 5.41) is 6.15. The first kappa shape index (κ1) is 22.4. The van der Waals surface area contributed by atoms with Gasteiger partial charge < -0.3 is 5.32 Å². The number of rotatable bonds is 9. The number of thioether (sulfide) groups is 1. The van der Waals surface area contributed by atoms with Gasteiger partial charge in [0.2, 0.25) is 5.91 Å². The molecule has 0 saturated heterocycles. The maximum Gasteiger partial charge on any atom is 0.321 e. The summed E-state index contributed by atoms with van der Waals surface area (Å²) in [5.41, 5.74) is 0.918. The Labute approximate surface area is 173 Å². The lowest BCUT2D eigenvalue weighted by molar-refractivity contribution is -0.117. The molecule has 3 amide bonds. The third-order valence-corrected chi connectivity index (χ3v) is 6.47. The summed E-state index contributed by atoms with van der Waals surface area (Å²) in [7, 11) is 0. The summed E-state index contributed by atoms with van der Waals surface area (Å²) in [6.45, 7) is 9.12. The highest BCUT2D eigenvalue weighted by atomic mass is 32.2. The molecule has 0 saturated carbocycles. The summed E-state index contributed by atoms with van der Waals surface area (Å²) in [6.07, 6.45) is 3.64. The second kappa shape index (κ2) is 10.6. The molecule has 2 heterocycles. The Balaban J connectivity index is 2.15. The molecule has 0 fully saturated rings. The molecule has 0 atom stereocenters. The van der Waals surface area contributed by atoms with Gasteiger partial charge in [-0.25, -0.2) is 9.78 Å². The van der Waals surface area contributed by atoms with Crippen LogP contribution in [0.2, 0.25) is 0 Å². The van der Waals surface area contributed by atoms with Crippen LogP contribution in [0.5, 0.6) is 0 Å². The first-order valence-corrected chi connectivity index (χ1v) is 11.4. The first-order chi connectivity index (χ1) is 13.4. The average Bonchev–Trinajstić information content (AvgIpc) is 2.93. The minimum Gasteiger partial charge on any atom is -0.338 e. The zero-order valence-electron chi connectivity index (χ0n) is 16.9. The number of fused-ring (bicyclic) bond motifs is 1. The maximum absolute atomic E-state index is 13.0. The fraction of sp³-hybridized carbons (Fsp3) is 0.579. The molecule has 0 aliphatic carbocycles. The van der Waals surface area contributed by atoms with Crippen molar-refractivity contribution in [3.63, 3.8) is 0 Å². The number of carbonyl (C=O) groups is 2. The zero-order valence-corrected chi connectivity index (χ0v) is 18.5. The molecular weight excluding hydrogens is 396 g/mol. The molecule has 0 aliphatic heterocycles. The lowest BCUT2D eigenvalue weighted by Gasteiger charge is -2.12. The van der Waals surface area contributed by atoms with Crippen LogP contribution in [0.1, 0.15) is 50.0 Å². The number of thiophene rings is 1. The van der Waals surface area contributed by atoms with Gasteiger partial charge in [0, 0.05) is 18.0 Å². The molecule has 9 heteroatoms. The van der Waals surface area contributed by atoms with Gasteiger partial charge in [-0.05, 0) is 32.3 Å². The first-order valence-electron chi connectivity index (χ1n) is 9.60. The van der Waals surface area contributed by atoms with Crippen molar-refractivity contribution in [1.82, 2.24) is 20.2 Å². The van der Waals surface area contributed by atoms with Gasteiger partial charge in [-0.2, -0.15) is 0 Å². The van der Waals surface area contributed by atoms with Crippen LogP contribution in [0.4, 0.5) is 4.79 Å². The van der Waals surface area contributed by atoms with Crippen molar-refractivity contribution in [2.45, 2.75) is 65.1 Å². The smallest absolute Gasteiger partial charge is 0.321 e. The van der Waals surface area contributed by atoms with E-state index in [1.807, 2.05) is 20.8 Å². The number of nitrogens with zero attached hydrogens (tertiary/aromatic N) is 2. The molecule has 2 N–H and O–H groups in total. The average molecular weight is 425 g/mol. The van der Waals surface area contributed by atoms with Crippen molar-refractivity contribution in [2.75, 3.05) is 12.3 Å². The van der Waals surface area contributed by atoms with Crippen LogP contribution in [-0.2, 0) is 11.3 Å². The van der Waals surface area contributed by atoms with Crippen molar-refractivity contribution in [1.29, 1.82) is 0 Å². The topological polar surface area (TPSA) is 93.1 Å². The maximum atomic E-state index is 13.0. The molecule has 154 valence electrons. The number of hydrogen-bond acceptors (Lipinski definition) is 6. The van der Waals surface area contributed by atoms with E-state index in [1.54, 1.807) is 4.57 Å². The molecule has 28 heavy (non-hydrogen) atoms. The SMILES string of the molecule is CCCCNC(=O)NC(=O)CSc1nc2sc(C)c(C)c2c(=O)n1CCCC. The van der Waals surface area contributed by atoms with E-state index in [1.165, 1.54) is 23.1 Å². The van der Waals surface area contributed by atoms with Gasteiger partial charge in [0.05, 0.1) is 11.1 Å². The van der Waals surface area contributed by atoms with Crippen molar-refractivity contribution < 1.29 is 9.59 Å². The van der Waals surface area contributed by atoms with Crippen LogP contribution in [0.25, 0.3) is 10.2 Å².